The Morgan fingerprint density at radius 2 is 2.03 bits per heavy atom. The standard InChI is InChI=1S/C29H36F3N5O2/c1-16(35-6)21(25(33)27(38)28(2,3)4)11-19-12-29(31,32)24-22(30)9-8-20(26(24)39-19)17-7-10-23-36-14-18(13-34-5)37(23)15-17/h7-10,14-15,19,27,34,38H,11-13,33H2,1-6H3/b25-21-,35-16?. The summed E-state index contributed by atoms with van der Waals surface area (Å²) in [4.78, 5) is 8.57. The van der Waals surface area contributed by atoms with Crippen LogP contribution in [-0.2, 0) is 12.5 Å². The summed E-state index contributed by atoms with van der Waals surface area (Å²) in [7, 11) is 3.39. The highest BCUT2D eigenvalue weighted by atomic mass is 19.3. The molecule has 4 N–H and O–H groups in total. The Bertz CT molecular complexity index is 1440. The average molecular weight is 544 g/mol. The Morgan fingerprint density at radius 1 is 1.31 bits per heavy atom. The van der Waals surface area contributed by atoms with E-state index >= 15 is 8.78 Å². The predicted octanol–water partition coefficient (Wildman–Crippen LogP) is 5.20. The molecular weight excluding hydrogens is 507 g/mol. The van der Waals surface area contributed by atoms with Crippen molar-refractivity contribution in [2.24, 2.45) is 16.1 Å². The quantitative estimate of drug-likeness (QED) is 0.356. The average Bonchev–Trinajstić information content (AvgIpc) is 3.27. The zero-order valence-electron chi connectivity index (χ0n) is 23.1. The molecule has 210 valence electrons. The van der Waals surface area contributed by atoms with E-state index in [0.29, 0.717) is 34.6 Å². The number of benzene rings is 1. The van der Waals surface area contributed by atoms with Gasteiger partial charge >= 0.3 is 0 Å². The van der Waals surface area contributed by atoms with Crippen LogP contribution < -0.4 is 15.8 Å². The number of pyridine rings is 1. The lowest BCUT2D eigenvalue weighted by Gasteiger charge is -2.35. The van der Waals surface area contributed by atoms with Gasteiger partial charge in [0.25, 0.3) is 5.92 Å². The smallest absolute Gasteiger partial charge is 0.283 e. The lowest BCUT2D eigenvalue weighted by atomic mass is 9.83. The van der Waals surface area contributed by atoms with Gasteiger partial charge in [-0.25, -0.2) is 18.2 Å². The van der Waals surface area contributed by atoms with E-state index in [4.69, 9.17) is 10.5 Å². The molecule has 2 unspecified atom stereocenters. The van der Waals surface area contributed by atoms with Crippen LogP contribution in [0.15, 0.2) is 52.9 Å². The number of hydrogen-bond acceptors (Lipinski definition) is 6. The van der Waals surface area contributed by atoms with Crippen LogP contribution in [0.3, 0.4) is 0 Å². The number of aliphatic hydroxyl groups excluding tert-OH is 1. The van der Waals surface area contributed by atoms with E-state index in [1.165, 1.54) is 6.07 Å². The molecule has 0 aliphatic carbocycles. The van der Waals surface area contributed by atoms with E-state index in [9.17, 15) is 9.50 Å². The largest absolute Gasteiger partial charge is 0.489 e. The lowest BCUT2D eigenvalue weighted by molar-refractivity contribution is -0.0670. The molecule has 3 heterocycles. The molecule has 10 heteroatoms. The monoisotopic (exact) mass is 543 g/mol. The maximum Gasteiger partial charge on any atom is 0.283 e. The Morgan fingerprint density at radius 3 is 2.67 bits per heavy atom. The first-order chi connectivity index (χ1) is 18.3. The van der Waals surface area contributed by atoms with Crippen LogP contribution >= 0.6 is 0 Å². The predicted molar refractivity (Wildman–Crippen MR) is 147 cm³/mol. The molecule has 0 radical (unpaired) electrons. The molecule has 0 saturated carbocycles. The van der Waals surface area contributed by atoms with Crippen LogP contribution in [-0.4, -0.2) is 46.5 Å². The second-order valence-corrected chi connectivity index (χ2v) is 11.1. The summed E-state index contributed by atoms with van der Waals surface area (Å²) in [6.07, 6.45) is 0.680. The van der Waals surface area contributed by atoms with Gasteiger partial charge in [0.05, 0.1) is 30.0 Å². The van der Waals surface area contributed by atoms with E-state index in [1.807, 2.05) is 32.2 Å². The molecule has 2 atom stereocenters. The van der Waals surface area contributed by atoms with Gasteiger partial charge in [-0.05, 0) is 49.2 Å². The number of rotatable bonds is 7. The van der Waals surface area contributed by atoms with Crippen molar-refractivity contribution in [1.82, 2.24) is 14.7 Å². The van der Waals surface area contributed by atoms with Crippen molar-refractivity contribution in [2.45, 2.75) is 65.2 Å². The highest BCUT2D eigenvalue weighted by Gasteiger charge is 2.46. The van der Waals surface area contributed by atoms with Crippen molar-refractivity contribution >= 4 is 11.4 Å². The summed E-state index contributed by atoms with van der Waals surface area (Å²) in [5, 5.41) is 13.9. The maximum absolute atomic E-state index is 15.6. The van der Waals surface area contributed by atoms with Crippen molar-refractivity contribution in [1.29, 1.82) is 0 Å². The molecule has 39 heavy (non-hydrogen) atoms. The third-order valence-corrected chi connectivity index (χ3v) is 7.16. The van der Waals surface area contributed by atoms with Crippen molar-refractivity contribution in [3.63, 3.8) is 0 Å². The molecule has 3 aromatic rings. The second kappa shape index (κ2) is 10.7. The molecular formula is C29H36F3N5O2. The van der Waals surface area contributed by atoms with Crippen LogP contribution in [0.4, 0.5) is 13.2 Å². The molecule has 0 bridgehead atoms. The number of hydrogen-bond donors (Lipinski definition) is 3. The first kappa shape index (κ1) is 28.6. The summed E-state index contributed by atoms with van der Waals surface area (Å²) in [5.74, 6) is -4.72. The molecule has 2 aromatic heterocycles. The summed E-state index contributed by atoms with van der Waals surface area (Å²) in [6.45, 7) is 7.75. The van der Waals surface area contributed by atoms with Crippen LogP contribution in [0.5, 0.6) is 5.75 Å². The number of aromatic nitrogens is 2. The summed E-state index contributed by atoms with van der Waals surface area (Å²) in [5.41, 5.74) is 8.63. The fourth-order valence-electron chi connectivity index (χ4n) is 4.93. The number of halogens is 3. The minimum atomic E-state index is -3.49. The highest BCUT2D eigenvalue weighted by molar-refractivity contribution is 5.99. The van der Waals surface area contributed by atoms with Gasteiger partial charge in [-0.1, -0.05) is 20.8 Å². The first-order valence-electron chi connectivity index (χ1n) is 12.9. The van der Waals surface area contributed by atoms with Gasteiger partial charge < -0.3 is 25.3 Å². The molecule has 0 spiro atoms. The number of imidazole rings is 1. The minimum absolute atomic E-state index is 0.0278. The Labute approximate surface area is 226 Å². The number of ether oxygens (including phenoxy) is 1. The van der Waals surface area contributed by atoms with Crippen LogP contribution in [0, 0.1) is 11.2 Å². The SMILES string of the molecule is CN=C(C)/C(CC1CC(F)(F)c2c(F)ccc(-c3ccc4ncc(CNC)n4c3)c2O1)=C(\N)C(O)C(C)(C)C. The van der Waals surface area contributed by atoms with Gasteiger partial charge in [-0.3, -0.25) is 4.99 Å². The van der Waals surface area contributed by atoms with E-state index in [1.54, 1.807) is 38.5 Å². The molecule has 1 aliphatic heterocycles. The molecule has 4 rings (SSSR count). The zero-order chi connectivity index (χ0) is 28.7. The van der Waals surface area contributed by atoms with Crippen molar-refractivity contribution < 1.29 is 23.0 Å². The number of nitrogens with one attached hydrogen (secondary N) is 1. The molecule has 7 nitrogen and oxygen atoms in total. The van der Waals surface area contributed by atoms with Crippen LogP contribution in [0.25, 0.3) is 16.8 Å². The fraction of sp³-hybridized carbons (Fsp3) is 0.448. The molecule has 0 saturated heterocycles. The molecule has 0 amide bonds. The van der Waals surface area contributed by atoms with Crippen molar-refractivity contribution in [3.05, 3.63) is 65.0 Å². The molecule has 1 aromatic carbocycles. The van der Waals surface area contributed by atoms with Gasteiger partial charge in [0.2, 0.25) is 0 Å². The van der Waals surface area contributed by atoms with E-state index in [0.717, 1.165) is 11.8 Å². The number of nitrogens with two attached hydrogens (primary N) is 1. The zero-order valence-corrected chi connectivity index (χ0v) is 23.1. The van der Waals surface area contributed by atoms with Gasteiger partial charge in [-0.2, -0.15) is 0 Å². The Hall–Kier alpha value is -3.37. The lowest BCUT2D eigenvalue weighted by Crippen LogP contribution is -2.37. The number of fused-ring (bicyclic) bond motifs is 2. The topological polar surface area (TPSA) is 97.2 Å². The minimum Gasteiger partial charge on any atom is -0.489 e. The Balaban J connectivity index is 1.81. The fourth-order valence-corrected chi connectivity index (χ4v) is 4.93. The number of nitrogens with zero attached hydrogens (tertiary/aromatic N) is 3. The Kier molecular flexibility index (Phi) is 7.82. The second-order valence-electron chi connectivity index (χ2n) is 11.1. The third-order valence-electron chi connectivity index (χ3n) is 7.16. The van der Waals surface area contributed by atoms with E-state index in [-0.39, 0.29) is 17.9 Å². The number of alkyl halides is 2. The van der Waals surface area contributed by atoms with Crippen LogP contribution in [0.2, 0.25) is 0 Å². The van der Waals surface area contributed by atoms with E-state index in [2.05, 4.69) is 15.3 Å². The first-order valence-corrected chi connectivity index (χ1v) is 12.9. The van der Waals surface area contributed by atoms with Crippen molar-refractivity contribution in [3.8, 4) is 16.9 Å². The third kappa shape index (κ3) is 5.53. The highest BCUT2D eigenvalue weighted by Crippen LogP contribution is 2.50. The maximum atomic E-state index is 15.6. The van der Waals surface area contributed by atoms with Crippen molar-refractivity contribution in [2.75, 3.05) is 14.1 Å². The summed E-state index contributed by atoms with van der Waals surface area (Å²) < 4.78 is 54.1. The van der Waals surface area contributed by atoms with Gasteiger partial charge in [-0.15, -0.1) is 0 Å². The number of aliphatic hydroxyl groups is 1. The van der Waals surface area contributed by atoms with E-state index < -0.39 is 41.3 Å². The summed E-state index contributed by atoms with van der Waals surface area (Å²) >= 11 is 0. The molecule has 0 fully saturated rings. The van der Waals surface area contributed by atoms with Gasteiger partial charge in [0, 0.05) is 48.7 Å². The summed E-state index contributed by atoms with van der Waals surface area (Å²) in [6, 6.07) is 6.03. The normalized spacial score (nSPS) is 18.9. The van der Waals surface area contributed by atoms with Gasteiger partial charge in [0.1, 0.15) is 23.3 Å². The van der Waals surface area contributed by atoms with Gasteiger partial charge in [0.15, 0.2) is 0 Å². The van der Waals surface area contributed by atoms with Crippen LogP contribution in [0.1, 0.15) is 51.8 Å². The molecule has 1 aliphatic rings. The number of aliphatic imine (C=N–C) groups is 1.